The van der Waals surface area contributed by atoms with E-state index in [9.17, 15) is 13.2 Å². The van der Waals surface area contributed by atoms with E-state index in [4.69, 9.17) is 4.74 Å². The topological polar surface area (TPSA) is 40.1 Å². The minimum absolute atomic E-state index is 0. The lowest BCUT2D eigenvalue weighted by Crippen LogP contribution is -2.69. The Kier molecular flexibility index (Phi) is 7.86. The number of halogens is 4. The molecule has 4 aliphatic rings. The number of hydrogen-bond donors (Lipinski definition) is 1. The molecule has 4 fully saturated rings. The summed E-state index contributed by atoms with van der Waals surface area (Å²) in [6, 6.07) is 0.424. The summed E-state index contributed by atoms with van der Waals surface area (Å²) in [7, 11) is 1.82. The Labute approximate surface area is 195 Å². The SMILES string of the molecule is CCN(CC1CCN(C(=NC)NC2C3CCOC3C23CCCC3)C1)CC(F)(F)F.I. The average molecular weight is 544 g/mol. The molecule has 0 bridgehead atoms. The molecule has 9 heteroatoms. The van der Waals surface area contributed by atoms with Gasteiger partial charge in [-0.25, -0.2) is 0 Å². The Balaban J connectivity index is 0.00000256. The molecular formula is C21H36F3IN4O. The molecule has 0 aromatic rings. The second-order valence-electron chi connectivity index (χ2n) is 9.40. The van der Waals surface area contributed by atoms with Gasteiger partial charge in [-0.15, -0.1) is 24.0 Å². The summed E-state index contributed by atoms with van der Waals surface area (Å²) in [5.74, 6) is 1.75. The third-order valence-corrected chi connectivity index (χ3v) is 7.73. The largest absolute Gasteiger partial charge is 0.401 e. The van der Waals surface area contributed by atoms with E-state index in [2.05, 4.69) is 15.2 Å². The van der Waals surface area contributed by atoms with Crippen molar-refractivity contribution in [1.29, 1.82) is 0 Å². The van der Waals surface area contributed by atoms with Gasteiger partial charge >= 0.3 is 6.18 Å². The molecule has 2 aliphatic carbocycles. The van der Waals surface area contributed by atoms with Crippen LogP contribution in [-0.2, 0) is 4.74 Å². The van der Waals surface area contributed by atoms with Crippen LogP contribution in [0.3, 0.4) is 0 Å². The number of hydrogen-bond acceptors (Lipinski definition) is 3. The fraction of sp³-hybridized carbons (Fsp3) is 0.952. The Morgan fingerprint density at radius 2 is 2.00 bits per heavy atom. The van der Waals surface area contributed by atoms with E-state index in [-0.39, 0.29) is 35.3 Å². The Hall–Kier alpha value is -0.290. The van der Waals surface area contributed by atoms with Crippen molar-refractivity contribution in [2.24, 2.45) is 22.2 Å². The van der Waals surface area contributed by atoms with Crippen LogP contribution in [0.2, 0.25) is 0 Å². The molecule has 4 atom stereocenters. The highest BCUT2D eigenvalue weighted by Crippen LogP contribution is 2.60. The Morgan fingerprint density at radius 1 is 1.27 bits per heavy atom. The normalized spacial score (nSPS) is 33.0. The highest BCUT2D eigenvalue weighted by Gasteiger charge is 2.65. The molecule has 1 N–H and O–H groups in total. The lowest BCUT2D eigenvalue weighted by molar-refractivity contribution is -0.146. The summed E-state index contributed by atoms with van der Waals surface area (Å²) in [5.41, 5.74) is 0.266. The molecule has 174 valence electrons. The molecule has 4 rings (SSSR count). The van der Waals surface area contributed by atoms with Gasteiger partial charge in [-0.05, 0) is 38.1 Å². The maximum Gasteiger partial charge on any atom is 0.401 e. The van der Waals surface area contributed by atoms with Crippen molar-refractivity contribution in [2.75, 3.05) is 46.4 Å². The third-order valence-electron chi connectivity index (χ3n) is 7.73. The van der Waals surface area contributed by atoms with Crippen LogP contribution < -0.4 is 5.32 Å². The molecule has 30 heavy (non-hydrogen) atoms. The van der Waals surface area contributed by atoms with Gasteiger partial charge in [0, 0.05) is 50.7 Å². The zero-order valence-corrected chi connectivity index (χ0v) is 20.4. The standard InChI is InChI=1S/C21H35F3N4O.HI/c1-3-27(14-21(22,23)24)12-15-6-10-28(13-15)19(25-2)26-17-16-7-11-29-18(16)20(17)8-4-5-9-20;/h15-18H,3-14H2,1-2H3,(H,25,26);1H. The predicted octanol–water partition coefficient (Wildman–Crippen LogP) is 3.73. The number of likely N-dealkylation sites (tertiary alicyclic amines) is 1. The van der Waals surface area contributed by atoms with Crippen LogP contribution in [0, 0.1) is 17.3 Å². The first-order chi connectivity index (χ1) is 13.9. The van der Waals surface area contributed by atoms with Gasteiger partial charge in [-0.2, -0.15) is 13.2 Å². The Bertz CT molecular complexity index is 612. The molecule has 1 spiro atoms. The molecule has 0 radical (unpaired) electrons. The van der Waals surface area contributed by atoms with Crippen molar-refractivity contribution >= 4 is 29.9 Å². The second-order valence-corrected chi connectivity index (χ2v) is 9.40. The smallest absolute Gasteiger partial charge is 0.377 e. The van der Waals surface area contributed by atoms with Crippen LogP contribution in [0.15, 0.2) is 4.99 Å². The van der Waals surface area contributed by atoms with Gasteiger partial charge in [-0.1, -0.05) is 19.8 Å². The molecule has 0 aromatic carbocycles. The first-order valence-corrected chi connectivity index (χ1v) is 11.3. The van der Waals surface area contributed by atoms with E-state index >= 15 is 0 Å². The summed E-state index contributed by atoms with van der Waals surface area (Å²) in [6.45, 7) is 4.41. The van der Waals surface area contributed by atoms with Crippen LogP contribution in [-0.4, -0.2) is 80.5 Å². The summed E-state index contributed by atoms with van der Waals surface area (Å²) in [5, 5.41) is 3.78. The molecule has 2 heterocycles. The summed E-state index contributed by atoms with van der Waals surface area (Å²) in [4.78, 5) is 8.32. The van der Waals surface area contributed by atoms with Gasteiger partial charge in [0.15, 0.2) is 5.96 Å². The number of nitrogens with one attached hydrogen (secondary N) is 1. The first kappa shape index (κ1) is 24.4. The van der Waals surface area contributed by atoms with Crippen molar-refractivity contribution < 1.29 is 17.9 Å². The summed E-state index contributed by atoms with van der Waals surface area (Å²) in [6.07, 6.45) is 3.33. The van der Waals surface area contributed by atoms with Crippen molar-refractivity contribution in [1.82, 2.24) is 15.1 Å². The molecule has 0 amide bonds. The number of rotatable bonds is 5. The number of aliphatic imine (C=N–C) groups is 1. The minimum Gasteiger partial charge on any atom is -0.377 e. The maximum atomic E-state index is 12.8. The number of ether oxygens (including phenoxy) is 1. The van der Waals surface area contributed by atoms with Crippen LogP contribution >= 0.6 is 24.0 Å². The number of guanidine groups is 1. The van der Waals surface area contributed by atoms with Crippen molar-refractivity contribution in [3.63, 3.8) is 0 Å². The zero-order chi connectivity index (χ0) is 20.6. The molecular weight excluding hydrogens is 508 g/mol. The predicted molar refractivity (Wildman–Crippen MR) is 122 cm³/mol. The molecule has 0 aromatic heterocycles. The maximum absolute atomic E-state index is 12.8. The fourth-order valence-electron chi connectivity index (χ4n) is 6.44. The van der Waals surface area contributed by atoms with Gasteiger partial charge in [0.05, 0.1) is 12.6 Å². The van der Waals surface area contributed by atoms with Gasteiger partial charge in [-0.3, -0.25) is 9.89 Å². The van der Waals surface area contributed by atoms with Gasteiger partial charge in [0.2, 0.25) is 0 Å². The van der Waals surface area contributed by atoms with Crippen molar-refractivity contribution in [2.45, 2.75) is 63.8 Å². The summed E-state index contributed by atoms with van der Waals surface area (Å²) < 4.78 is 44.4. The molecule has 5 nitrogen and oxygen atoms in total. The molecule has 2 aliphatic heterocycles. The minimum atomic E-state index is -4.13. The van der Waals surface area contributed by atoms with Gasteiger partial charge in [0.25, 0.3) is 0 Å². The van der Waals surface area contributed by atoms with Crippen molar-refractivity contribution in [3.05, 3.63) is 0 Å². The quantitative estimate of drug-likeness (QED) is 0.326. The lowest BCUT2D eigenvalue weighted by atomic mass is 9.54. The number of nitrogens with zero attached hydrogens (tertiary/aromatic N) is 3. The molecule has 2 saturated carbocycles. The average Bonchev–Trinajstić information content (AvgIpc) is 3.40. The first-order valence-electron chi connectivity index (χ1n) is 11.3. The summed E-state index contributed by atoms with van der Waals surface area (Å²) >= 11 is 0. The van der Waals surface area contributed by atoms with Gasteiger partial charge < -0.3 is 15.0 Å². The fourth-order valence-corrected chi connectivity index (χ4v) is 6.44. The van der Waals surface area contributed by atoms with E-state index in [0.29, 0.717) is 31.2 Å². The highest BCUT2D eigenvalue weighted by molar-refractivity contribution is 14.0. The van der Waals surface area contributed by atoms with E-state index < -0.39 is 12.7 Å². The van der Waals surface area contributed by atoms with E-state index in [1.807, 2.05) is 7.05 Å². The highest BCUT2D eigenvalue weighted by atomic mass is 127. The van der Waals surface area contributed by atoms with Crippen LogP contribution in [0.25, 0.3) is 0 Å². The molecule has 2 saturated heterocycles. The lowest BCUT2D eigenvalue weighted by Gasteiger charge is -2.57. The van der Waals surface area contributed by atoms with E-state index in [1.54, 1.807) is 6.92 Å². The second kappa shape index (κ2) is 9.68. The van der Waals surface area contributed by atoms with Gasteiger partial charge in [0.1, 0.15) is 0 Å². The molecule has 4 unspecified atom stereocenters. The van der Waals surface area contributed by atoms with Crippen LogP contribution in [0.1, 0.15) is 45.4 Å². The zero-order valence-electron chi connectivity index (χ0n) is 18.1. The van der Waals surface area contributed by atoms with Crippen LogP contribution in [0.4, 0.5) is 13.2 Å². The van der Waals surface area contributed by atoms with Crippen molar-refractivity contribution in [3.8, 4) is 0 Å². The number of fused-ring (bicyclic) bond motifs is 2. The monoisotopic (exact) mass is 544 g/mol. The number of alkyl halides is 3. The van der Waals surface area contributed by atoms with E-state index in [1.165, 1.54) is 30.6 Å². The third kappa shape index (κ3) is 4.72. The Morgan fingerprint density at radius 3 is 2.63 bits per heavy atom. The van der Waals surface area contributed by atoms with Crippen LogP contribution in [0.5, 0.6) is 0 Å². The van der Waals surface area contributed by atoms with E-state index in [0.717, 1.165) is 38.5 Å².